The molecule has 3 rings (SSSR count). The molecule has 0 bridgehead atoms. The summed E-state index contributed by atoms with van der Waals surface area (Å²) in [4.78, 5) is 22.7. The van der Waals surface area contributed by atoms with Crippen LogP contribution in [0.25, 0.3) is 0 Å². The zero-order valence-corrected chi connectivity index (χ0v) is 15.6. The summed E-state index contributed by atoms with van der Waals surface area (Å²) in [6.45, 7) is 1.71. The summed E-state index contributed by atoms with van der Waals surface area (Å²) >= 11 is 5.07. The quantitative estimate of drug-likeness (QED) is 0.366. The fourth-order valence-electron chi connectivity index (χ4n) is 2.43. The average molecular weight is 400 g/mol. The Morgan fingerprint density at radius 2 is 2.00 bits per heavy atom. The Balaban J connectivity index is 1.65. The van der Waals surface area contributed by atoms with Crippen LogP contribution in [0.1, 0.15) is 11.5 Å². The fraction of sp³-hybridized carbons (Fsp3) is 0.167. The monoisotopic (exact) mass is 400 g/mol. The molecule has 0 saturated heterocycles. The van der Waals surface area contributed by atoms with Gasteiger partial charge in [0, 0.05) is 6.07 Å². The van der Waals surface area contributed by atoms with Gasteiger partial charge >= 0.3 is 0 Å². The largest absolute Gasteiger partial charge is 0.484 e. The van der Waals surface area contributed by atoms with Gasteiger partial charge in [0.2, 0.25) is 5.91 Å². The Labute approximate surface area is 164 Å². The molecule has 0 atom stereocenters. The highest BCUT2D eigenvalue weighted by atomic mass is 32.1. The summed E-state index contributed by atoms with van der Waals surface area (Å²) < 4.78 is 12.2. The molecule has 2 aromatic carbocycles. The molecule has 1 amide bonds. The number of nitrogens with zero attached hydrogens (tertiary/aromatic N) is 3. The van der Waals surface area contributed by atoms with Crippen LogP contribution in [0.4, 0.5) is 11.4 Å². The van der Waals surface area contributed by atoms with Crippen molar-refractivity contribution in [2.45, 2.75) is 20.1 Å². The lowest BCUT2D eigenvalue weighted by atomic mass is 10.2. The normalized spacial score (nSPS) is 10.5. The highest BCUT2D eigenvalue weighted by Crippen LogP contribution is 2.23. The van der Waals surface area contributed by atoms with E-state index in [1.54, 1.807) is 6.07 Å². The van der Waals surface area contributed by atoms with Crippen LogP contribution in [0, 0.1) is 21.9 Å². The number of nitrogens with one attached hydrogen (secondary N) is 1. The predicted molar refractivity (Wildman–Crippen MR) is 103 cm³/mol. The number of aryl methyl sites for hydroxylation is 1. The Bertz CT molecular complexity index is 1080. The molecule has 0 unspecified atom stereocenters. The average Bonchev–Trinajstić information content (AvgIpc) is 3.00. The predicted octanol–water partition coefficient (Wildman–Crippen LogP) is 3.64. The van der Waals surface area contributed by atoms with E-state index in [1.807, 2.05) is 31.2 Å². The molecular weight excluding hydrogens is 384 g/mol. The summed E-state index contributed by atoms with van der Waals surface area (Å²) in [5, 5.41) is 17.6. The molecule has 1 aromatic heterocycles. The van der Waals surface area contributed by atoms with Crippen molar-refractivity contribution in [3.8, 4) is 5.75 Å². The summed E-state index contributed by atoms with van der Waals surface area (Å²) in [6, 6.07) is 13.3. The Kier molecular flexibility index (Phi) is 5.80. The minimum absolute atomic E-state index is 0.00101. The number of hydrogen-bond donors (Lipinski definition) is 1. The van der Waals surface area contributed by atoms with Crippen molar-refractivity contribution in [1.82, 2.24) is 9.78 Å². The smallest absolute Gasteiger partial charge is 0.292 e. The van der Waals surface area contributed by atoms with Gasteiger partial charge in [-0.3, -0.25) is 14.9 Å². The van der Waals surface area contributed by atoms with Crippen molar-refractivity contribution in [3.63, 3.8) is 0 Å². The second-order valence-corrected chi connectivity index (χ2v) is 6.15. The van der Waals surface area contributed by atoms with Crippen molar-refractivity contribution in [3.05, 3.63) is 74.9 Å². The van der Waals surface area contributed by atoms with E-state index >= 15 is 0 Å². The third kappa shape index (κ3) is 4.60. The molecule has 0 saturated carbocycles. The summed E-state index contributed by atoms with van der Waals surface area (Å²) in [5.74, 6) is 0.379. The van der Waals surface area contributed by atoms with E-state index in [-0.39, 0.29) is 35.3 Å². The van der Waals surface area contributed by atoms with Crippen molar-refractivity contribution in [2.75, 3.05) is 5.32 Å². The highest BCUT2D eigenvalue weighted by molar-refractivity contribution is 7.71. The number of para-hydroxylation sites is 3. The van der Waals surface area contributed by atoms with Gasteiger partial charge < -0.3 is 14.5 Å². The van der Waals surface area contributed by atoms with Crippen LogP contribution >= 0.6 is 12.2 Å². The molecule has 0 aliphatic rings. The number of amides is 1. The Morgan fingerprint density at radius 1 is 1.29 bits per heavy atom. The third-order valence-electron chi connectivity index (χ3n) is 3.76. The van der Waals surface area contributed by atoms with Crippen LogP contribution < -0.4 is 10.1 Å². The van der Waals surface area contributed by atoms with Crippen molar-refractivity contribution < 1.29 is 18.9 Å². The van der Waals surface area contributed by atoms with E-state index in [2.05, 4.69) is 10.4 Å². The molecule has 1 heterocycles. The molecule has 0 fully saturated rings. The van der Waals surface area contributed by atoms with Crippen LogP contribution in [0.15, 0.2) is 52.9 Å². The topological polar surface area (TPSA) is 112 Å². The van der Waals surface area contributed by atoms with E-state index in [9.17, 15) is 14.9 Å². The summed E-state index contributed by atoms with van der Waals surface area (Å²) in [5.41, 5.74) is 0.854. The van der Waals surface area contributed by atoms with Crippen LogP contribution in [0.3, 0.4) is 0 Å². The van der Waals surface area contributed by atoms with Crippen LogP contribution in [0.2, 0.25) is 0 Å². The van der Waals surface area contributed by atoms with Gasteiger partial charge in [0.15, 0.2) is 6.61 Å². The van der Waals surface area contributed by atoms with Crippen LogP contribution in [-0.4, -0.2) is 20.6 Å². The van der Waals surface area contributed by atoms with Crippen LogP contribution in [-0.2, 0) is 17.9 Å². The Morgan fingerprint density at radius 3 is 2.75 bits per heavy atom. The molecule has 0 aliphatic heterocycles. The molecule has 0 radical (unpaired) electrons. The lowest BCUT2D eigenvalue weighted by molar-refractivity contribution is -0.383. The first-order valence-corrected chi connectivity index (χ1v) is 8.63. The number of hydrogen-bond acceptors (Lipinski definition) is 7. The second kappa shape index (κ2) is 8.44. The first-order chi connectivity index (χ1) is 13.4. The molecule has 144 valence electrons. The first-order valence-electron chi connectivity index (χ1n) is 8.22. The number of benzene rings is 2. The van der Waals surface area contributed by atoms with Gasteiger partial charge in [-0.25, -0.2) is 4.68 Å². The molecule has 0 aliphatic carbocycles. The van der Waals surface area contributed by atoms with Crippen molar-refractivity contribution in [1.29, 1.82) is 0 Å². The molecule has 10 heteroatoms. The van der Waals surface area contributed by atoms with Gasteiger partial charge in [-0.15, -0.1) is 5.10 Å². The number of rotatable bonds is 7. The molecule has 1 N–H and O–H groups in total. The first kappa shape index (κ1) is 19.2. The summed E-state index contributed by atoms with van der Waals surface area (Å²) in [7, 11) is 0. The maximum absolute atomic E-state index is 12.2. The number of aromatic nitrogens is 2. The Hall–Kier alpha value is -3.53. The zero-order chi connectivity index (χ0) is 20.1. The minimum atomic E-state index is -0.571. The number of anilines is 1. The van der Waals surface area contributed by atoms with E-state index < -0.39 is 10.8 Å². The second-order valence-electron chi connectivity index (χ2n) is 5.80. The number of nitro groups is 1. The minimum Gasteiger partial charge on any atom is -0.484 e. The SMILES string of the molecule is Cc1ccccc1OCc1nn(CC(=O)Nc2ccccc2[N+](=O)[O-])c(=S)o1. The molecule has 28 heavy (non-hydrogen) atoms. The number of nitro benzene ring substituents is 1. The standard InChI is InChI=1S/C18H16N4O5S/c1-12-6-2-5-9-15(12)26-11-17-20-21(18(28)27-17)10-16(23)19-13-7-3-4-8-14(13)22(24)25/h2-9H,10-11H2,1H3,(H,19,23). The van der Waals surface area contributed by atoms with Gasteiger partial charge in [-0.2, -0.15) is 0 Å². The highest BCUT2D eigenvalue weighted by Gasteiger charge is 2.16. The van der Waals surface area contributed by atoms with Gasteiger partial charge in [0.05, 0.1) is 4.92 Å². The van der Waals surface area contributed by atoms with Gasteiger partial charge in [0.25, 0.3) is 16.4 Å². The molecule has 0 spiro atoms. The lowest BCUT2D eigenvalue weighted by Crippen LogP contribution is -2.20. The fourth-order valence-corrected chi connectivity index (χ4v) is 2.63. The molecular formula is C18H16N4O5S. The number of ether oxygens (including phenoxy) is 1. The number of carbonyl (C=O) groups excluding carboxylic acids is 1. The van der Waals surface area contributed by atoms with Crippen molar-refractivity contribution >= 4 is 29.5 Å². The van der Waals surface area contributed by atoms with E-state index in [4.69, 9.17) is 21.4 Å². The van der Waals surface area contributed by atoms with E-state index in [1.165, 1.54) is 22.9 Å². The van der Waals surface area contributed by atoms with Crippen LogP contribution in [0.5, 0.6) is 5.75 Å². The number of carbonyl (C=O) groups is 1. The van der Waals surface area contributed by atoms with E-state index in [0.717, 1.165) is 5.56 Å². The van der Waals surface area contributed by atoms with Gasteiger partial charge in [0.1, 0.15) is 18.0 Å². The molecule has 9 nitrogen and oxygen atoms in total. The maximum atomic E-state index is 12.2. The van der Waals surface area contributed by atoms with Gasteiger partial charge in [-0.1, -0.05) is 30.3 Å². The van der Waals surface area contributed by atoms with Crippen molar-refractivity contribution in [2.24, 2.45) is 0 Å². The third-order valence-corrected chi connectivity index (χ3v) is 4.06. The summed E-state index contributed by atoms with van der Waals surface area (Å²) in [6.07, 6.45) is 0. The van der Waals surface area contributed by atoms with E-state index in [0.29, 0.717) is 5.75 Å². The lowest BCUT2D eigenvalue weighted by Gasteiger charge is -2.06. The zero-order valence-electron chi connectivity index (χ0n) is 14.8. The maximum Gasteiger partial charge on any atom is 0.292 e. The molecule has 3 aromatic rings. The van der Waals surface area contributed by atoms with Gasteiger partial charge in [-0.05, 0) is 36.8 Å².